The smallest absolute Gasteiger partial charge is 0.236 e. The fraction of sp³-hybridized carbons (Fsp3) is 0.900. The van der Waals surface area contributed by atoms with Crippen LogP contribution in [0.1, 0.15) is 0 Å². The van der Waals surface area contributed by atoms with E-state index in [4.69, 9.17) is 29.9 Å². The van der Waals surface area contributed by atoms with Gasteiger partial charge >= 0.3 is 0 Å². The van der Waals surface area contributed by atoms with Crippen LogP contribution in [-0.4, -0.2) is 170 Å². The Kier molecular flexibility index (Phi) is 16.2. The number of nitrogens with zero attached hydrogens (tertiary/aromatic N) is 4. The number of rotatable bonds is 12. The summed E-state index contributed by atoms with van der Waals surface area (Å²) in [5, 5.41) is 36.5. The molecule has 0 aromatic rings. The molecule has 12 nitrogen and oxygen atoms in total. The van der Waals surface area contributed by atoms with Crippen molar-refractivity contribution in [3.63, 3.8) is 0 Å². The first-order valence-electron chi connectivity index (χ1n) is 11.1. The van der Waals surface area contributed by atoms with Crippen molar-refractivity contribution in [3.05, 3.63) is 0 Å². The topological polar surface area (TPSA) is 146 Å². The Morgan fingerprint density at radius 2 is 0.875 bits per heavy atom. The highest BCUT2D eigenvalue weighted by Gasteiger charge is 2.20. The van der Waals surface area contributed by atoms with Gasteiger partial charge in [0.2, 0.25) is 11.8 Å². The number of ether oxygens (including phenoxy) is 2. The van der Waals surface area contributed by atoms with Crippen LogP contribution in [0.3, 0.4) is 0 Å². The van der Waals surface area contributed by atoms with E-state index in [-0.39, 0.29) is 51.3 Å². The van der Waals surface area contributed by atoms with Gasteiger partial charge in [-0.1, -0.05) is 0 Å². The molecule has 0 bridgehead atoms. The molecule has 0 aromatic heterocycles. The van der Waals surface area contributed by atoms with Gasteiger partial charge in [-0.15, -0.1) is 0 Å². The molecule has 4 N–H and O–H groups in total. The minimum absolute atomic E-state index is 0.0908. The van der Waals surface area contributed by atoms with Crippen LogP contribution >= 0.6 is 0 Å². The predicted octanol–water partition coefficient (Wildman–Crippen LogP) is -3.74. The van der Waals surface area contributed by atoms with Crippen molar-refractivity contribution in [1.82, 2.24) is 19.6 Å². The molecule has 0 radical (unpaired) electrons. The number of aliphatic hydroxyl groups excluding tert-OH is 4. The molecule has 0 aliphatic carbocycles. The Balaban J connectivity index is 2.55. The lowest BCUT2D eigenvalue weighted by Gasteiger charge is -2.29. The SMILES string of the molecule is O=C(CN(CCO)CCO)N1CCOCCN(C(=O)CN(CCO)CCO)CCOCC1. The molecular weight excluding hydrogens is 424 g/mol. The molecule has 1 heterocycles. The molecule has 1 fully saturated rings. The van der Waals surface area contributed by atoms with E-state index in [1.54, 1.807) is 19.6 Å². The van der Waals surface area contributed by atoms with Crippen LogP contribution in [0.25, 0.3) is 0 Å². The third kappa shape index (κ3) is 12.0. The van der Waals surface area contributed by atoms with Crippen LogP contribution < -0.4 is 0 Å². The summed E-state index contributed by atoms with van der Waals surface area (Å²) in [6.45, 7) is 3.85. The summed E-state index contributed by atoms with van der Waals surface area (Å²) in [7, 11) is 0. The zero-order chi connectivity index (χ0) is 23.6. The molecule has 1 aliphatic rings. The Bertz CT molecular complexity index is 446. The van der Waals surface area contributed by atoms with Crippen molar-refractivity contribution < 1.29 is 39.5 Å². The van der Waals surface area contributed by atoms with Crippen molar-refractivity contribution in [2.45, 2.75) is 0 Å². The van der Waals surface area contributed by atoms with Crippen LogP contribution in [0.15, 0.2) is 0 Å². The molecule has 12 heteroatoms. The van der Waals surface area contributed by atoms with E-state index >= 15 is 0 Å². The van der Waals surface area contributed by atoms with Gasteiger partial charge in [-0.05, 0) is 0 Å². The standard InChI is InChI=1S/C20H40N4O8/c25-9-1-21(2-10-26)17-19(29)23-5-13-31-15-7-24(8-16-32-14-6-23)20(30)18-22(3-11-27)4-12-28/h25-28H,1-18H2. The molecule has 1 aliphatic heterocycles. The summed E-state index contributed by atoms with van der Waals surface area (Å²) in [4.78, 5) is 32.0. The van der Waals surface area contributed by atoms with Crippen LogP contribution in [0.2, 0.25) is 0 Å². The van der Waals surface area contributed by atoms with E-state index in [1.165, 1.54) is 0 Å². The molecule has 0 saturated carbocycles. The second-order valence-corrected chi connectivity index (χ2v) is 7.43. The van der Waals surface area contributed by atoms with Gasteiger partial charge in [0.15, 0.2) is 0 Å². The average molecular weight is 465 g/mol. The number of hydrogen-bond acceptors (Lipinski definition) is 10. The van der Waals surface area contributed by atoms with Gasteiger partial charge in [-0.2, -0.15) is 0 Å². The summed E-state index contributed by atoms with van der Waals surface area (Å²) >= 11 is 0. The Morgan fingerprint density at radius 3 is 1.12 bits per heavy atom. The zero-order valence-electron chi connectivity index (χ0n) is 18.9. The summed E-state index contributed by atoms with van der Waals surface area (Å²) in [5.41, 5.74) is 0. The minimum atomic E-state index is -0.124. The molecule has 1 saturated heterocycles. The molecule has 32 heavy (non-hydrogen) atoms. The van der Waals surface area contributed by atoms with E-state index in [2.05, 4.69) is 0 Å². The molecule has 2 amide bonds. The van der Waals surface area contributed by atoms with Crippen LogP contribution in [0.5, 0.6) is 0 Å². The van der Waals surface area contributed by atoms with Gasteiger partial charge in [0.25, 0.3) is 0 Å². The van der Waals surface area contributed by atoms with Crippen LogP contribution in [0.4, 0.5) is 0 Å². The van der Waals surface area contributed by atoms with E-state index in [9.17, 15) is 9.59 Å². The van der Waals surface area contributed by atoms with Gasteiger partial charge in [0.1, 0.15) is 0 Å². The van der Waals surface area contributed by atoms with E-state index in [0.29, 0.717) is 78.8 Å². The number of aliphatic hydroxyl groups is 4. The monoisotopic (exact) mass is 464 g/mol. The number of hydrogen-bond donors (Lipinski definition) is 4. The summed E-state index contributed by atoms with van der Waals surface area (Å²) in [6.07, 6.45) is 0. The molecule has 0 aromatic carbocycles. The Hall–Kier alpha value is -1.38. The van der Waals surface area contributed by atoms with Crippen LogP contribution in [0, 0.1) is 0 Å². The van der Waals surface area contributed by atoms with Crippen molar-refractivity contribution in [3.8, 4) is 0 Å². The van der Waals surface area contributed by atoms with Gasteiger partial charge in [-0.25, -0.2) is 0 Å². The summed E-state index contributed by atoms with van der Waals surface area (Å²) in [6, 6.07) is 0. The van der Waals surface area contributed by atoms with Crippen molar-refractivity contribution in [2.24, 2.45) is 0 Å². The van der Waals surface area contributed by atoms with E-state index in [1.807, 2.05) is 0 Å². The maximum Gasteiger partial charge on any atom is 0.236 e. The van der Waals surface area contributed by atoms with Crippen LogP contribution in [-0.2, 0) is 19.1 Å². The highest BCUT2D eigenvalue weighted by molar-refractivity contribution is 5.78. The molecule has 188 valence electrons. The number of amides is 2. The highest BCUT2D eigenvalue weighted by Crippen LogP contribution is 2.00. The largest absolute Gasteiger partial charge is 0.395 e. The van der Waals surface area contributed by atoms with Crippen molar-refractivity contribution in [2.75, 3.05) is 118 Å². The fourth-order valence-corrected chi connectivity index (χ4v) is 3.31. The Labute approximate surface area is 189 Å². The molecule has 0 unspecified atom stereocenters. The molecule has 0 atom stereocenters. The van der Waals surface area contributed by atoms with Gasteiger partial charge in [0, 0.05) is 52.4 Å². The average Bonchev–Trinajstić information content (AvgIpc) is 2.74. The predicted molar refractivity (Wildman–Crippen MR) is 116 cm³/mol. The maximum atomic E-state index is 12.6. The first kappa shape index (κ1) is 28.7. The third-order valence-corrected chi connectivity index (χ3v) is 5.11. The van der Waals surface area contributed by atoms with E-state index < -0.39 is 0 Å². The number of carbonyl (C=O) groups is 2. The molecular formula is C20H40N4O8. The zero-order valence-corrected chi connectivity index (χ0v) is 18.9. The van der Waals surface area contributed by atoms with Crippen molar-refractivity contribution in [1.29, 1.82) is 0 Å². The molecule has 1 rings (SSSR count). The lowest BCUT2D eigenvalue weighted by molar-refractivity contribution is -0.135. The first-order chi connectivity index (χ1) is 15.5. The Morgan fingerprint density at radius 1 is 0.594 bits per heavy atom. The highest BCUT2D eigenvalue weighted by atomic mass is 16.5. The summed E-state index contributed by atoms with van der Waals surface area (Å²) in [5.74, 6) is -0.248. The quantitative estimate of drug-likeness (QED) is 0.227. The minimum Gasteiger partial charge on any atom is -0.395 e. The first-order valence-corrected chi connectivity index (χ1v) is 11.1. The lowest BCUT2D eigenvalue weighted by atomic mass is 10.3. The number of carbonyl (C=O) groups excluding carboxylic acids is 2. The maximum absolute atomic E-state index is 12.6. The third-order valence-electron chi connectivity index (χ3n) is 5.11. The fourth-order valence-electron chi connectivity index (χ4n) is 3.31. The van der Waals surface area contributed by atoms with E-state index in [0.717, 1.165) is 0 Å². The lowest BCUT2D eigenvalue weighted by Crippen LogP contribution is -2.46. The second kappa shape index (κ2) is 18.1. The second-order valence-electron chi connectivity index (χ2n) is 7.43. The van der Waals surface area contributed by atoms with Gasteiger partial charge < -0.3 is 39.7 Å². The summed E-state index contributed by atoms with van der Waals surface area (Å²) < 4.78 is 11.3. The molecule has 0 spiro atoms. The van der Waals surface area contributed by atoms with Gasteiger partial charge in [0.05, 0.1) is 65.9 Å². The normalized spacial score (nSPS) is 16.8. The van der Waals surface area contributed by atoms with Gasteiger partial charge in [-0.3, -0.25) is 19.4 Å². The van der Waals surface area contributed by atoms with Crippen molar-refractivity contribution >= 4 is 11.8 Å².